The van der Waals surface area contributed by atoms with Crippen molar-refractivity contribution in [2.24, 2.45) is 0 Å². The Morgan fingerprint density at radius 1 is 1.18 bits per heavy atom. The molecule has 0 saturated carbocycles. The fourth-order valence-electron chi connectivity index (χ4n) is 2.99. The minimum Gasteiger partial charge on any atom is -0.497 e. The van der Waals surface area contributed by atoms with Gasteiger partial charge in [0, 0.05) is 16.6 Å². The van der Waals surface area contributed by atoms with Crippen LogP contribution in [0.1, 0.15) is 35.3 Å². The van der Waals surface area contributed by atoms with Crippen LogP contribution < -0.4 is 4.74 Å². The fraction of sp³-hybridized carbons (Fsp3) is 0.278. The second-order valence-corrected chi connectivity index (χ2v) is 6.91. The van der Waals surface area contributed by atoms with Gasteiger partial charge >= 0.3 is 0 Å². The van der Waals surface area contributed by atoms with Gasteiger partial charge in [-0.2, -0.15) is 0 Å². The minimum absolute atomic E-state index is 0.0733. The van der Waals surface area contributed by atoms with Crippen molar-refractivity contribution >= 4 is 21.8 Å². The maximum Gasteiger partial charge on any atom is 0.255 e. The van der Waals surface area contributed by atoms with E-state index in [9.17, 15) is 4.79 Å². The van der Waals surface area contributed by atoms with E-state index in [4.69, 9.17) is 4.74 Å². The van der Waals surface area contributed by atoms with Gasteiger partial charge in [0.05, 0.1) is 12.6 Å². The van der Waals surface area contributed by atoms with Crippen molar-refractivity contribution in [1.82, 2.24) is 4.90 Å². The summed E-state index contributed by atoms with van der Waals surface area (Å²) in [5.74, 6) is 0.881. The molecule has 0 aromatic heterocycles. The molecule has 0 unspecified atom stereocenters. The first-order valence-corrected chi connectivity index (χ1v) is 7.97. The van der Waals surface area contributed by atoms with Crippen LogP contribution in [-0.2, 0) is 12.1 Å². The third-order valence-electron chi connectivity index (χ3n) is 4.27. The number of hydrogen-bond acceptors (Lipinski definition) is 2. The molecule has 1 aliphatic heterocycles. The molecule has 0 radical (unpaired) electrons. The van der Waals surface area contributed by atoms with Gasteiger partial charge < -0.3 is 9.64 Å². The topological polar surface area (TPSA) is 29.5 Å². The van der Waals surface area contributed by atoms with Gasteiger partial charge in [0.2, 0.25) is 0 Å². The Hall–Kier alpha value is -1.81. The Labute approximate surface area is 139 Å². The largest absolute Gasteiger partial charge is 0.497 e. The second-order valence-electron chi connectivity index (χ2n) is 5.99. The zero-order valence-electron chi connectivity index (χ0n) is 12.9. The number of nitrogens with zero attached hydrogens (tertiary/aromatic N) is 1. The van der Waals surface area contributed by atoms with E-state index in [1.165, 1.54) is 0 Å². The molecule has 0 fully saturated rings. The van der Waals surface area contributed by atoms with Gasteiger partial charge in [-0.3, -0.25) is 4.79 Å². The van der Waals surface area contributed by atoms with Crippen molar-refractivity contribution in [3.63, 3.8) is 0 Å². The van der Waals surface area contributed by atoms with Crippen LogP contribution in [-0.4, -0.2) is 17.9 Å². The Morgan fingerprint density at radius 3 is 2.68 bits per heavy atom. The van der Waals surface area contributed by atoms with Crippen molar-refractivity contribution in [3.8, 4) is 5.75 Å². The third-order valence-corrected chi connectivity index (χ3v) is 4.76. The normalized spacial score (nSPS) is 15.8. The highest BCUT2D eigenvalue weighted by Crippen LogP contribution is 2.40. The quantitative estimate of drug-likeness (QED) is 0.815. The molecule has 114 valence electrons. The molecule has 0 atom stereocenters. The second kappa shape index (κ2) is 5.43. The summed E-state index contributed by atoms with van der Waals surface area (Å²) in [7, 11) is 1.65. The number of methoxy groups -OCH3 is 1. The molecule has 0 aliphatic carbocycles. The molecule has 0 bridgehead atoms. The molecule has 22 heavy (non-hydrogen) atoms. The maximum absolute atomic E-state index is 12.8. The first-order chi connectivity index (χ1) is 10.4. The number of amides is 1. The van der Waals surface area contributed by atoms with E-state index in [0.29, 0.717) is 6.54 Å². The van der Waals surface area contributed by atoms with Crippen molar-refractivity contribution in [2.45, 2.75) is 25.9 Å². The Morgan fingerprint density at radius 2 is 1.95 bits per heavy atom. The minimum atomic E-state index is -0.323. The van der Waals surface area contributed by atoms with E-state index in [0.717, 1.165) is 26.9 Å². The molecule has 0 saturated heterocycles. The van der Waals surface area contributed by atoms with Crippen LogP contribution in [0.5, 0.6) is 5.75 Å². The van der Waals surface area contributed by atoms with Gasteiger partial charge in [-0.15, -0.1) is 0 Å². The molecular weight excluding hydrogens is 342 g/mol. The van der Waals surface area contributed by atoms with E-state index in [1.54, 1.807) is 7.11 Å². The highest BCUT2D eigenvalue weighted by molar-refractivity contribution is 9.10. The number of carbonyl (C=O) groups is 1. The molecular formula is C18H18BrNO2. The van der Waals surface area contributed by atoms with Gasteiger partial charge in [-0.25, -0.2) is 0 Å². The molecule has 4 heteroatoms. The number of rotatable bonds is 3. The zero-order valence-corrected chi connectivity index (χ0v) is 14.5. The summed E-state index contributed by atoms with van der Waals surface area (Å²) in [5.41, 5.74) is 2.59. The number of hydrogen-bond donors (Lipinski definition) is 0. The van der Waals surface area contributed by atoms with Crippen molar-refractivity contribution in [3.05, 3.63) is 63.6 Å². The van der Waals surface area contributed by atoms with Crippen LogP contribution in [0.15, 0.2) is 46.9 Å². The van der Waals surface area contributed by atoms with Gasteiger partial charge in [0.1, 0.15) is 5.75 Å². The Balaban J connectivity index is 1.96. The summed E-state index contributed by atoms with van der Waals surface area (Å²) in [6, 6.07) is 13.8. The molecule has 1 heterocycles. The SMILES string of the molecule is COc1cccc(CN2C(=O)c3cc(Br)ccc3C2(C)C)c1. The lowest BCUT2D eigenvalue weighted by Crippen LogP contribution is -2.38. The fourth-order valence-corrected chi connectivity index (χ4v) is 3.36. The number of halogens is 1. The highest BCUT2D eigenvalue weighted by atomic mass is 79.9. The smallest absolute Gasteiger partial charge is 0.255 e. The summed E-state index contributed by atoms with van der Waals surface area (Å²) in [6.45, 7) is 4.74. The lowest BCUT2D eigenvalue weighted by Gasteiger charge is -2.32. The van der Waals surface area contributed by atoms with Crippen LogP contribution in [0.4, 0.5) is 0 Å². The lowest BCUT2D eigenvalue weighted by molar-refractivity contribution is 0.0595. The van der Waals surface area contributed by atoms with Crippen molar-refractivity contribution < 1.29 is 9.53 Å². The highest BCUT2D eigenvalue weighted by Gasteiger charge is 2.42. The first kappa shape index (κ1) is 15.1. The van der Waals surface area contributed by atoms with Gasteiger partial charge in [0.15, 0.2) is 0 Å². The van der Waals surface area contributed by atoms with Crippen LogP contribution in [0.2, 0.25) is 0 Å². The Kier molecular flexibility index (Phi) is 3.73. The number of ether oxygens (including phenoxy) is 1. The molecule has 3 rings (SSSR count). The molecule has 0 N–H and O–H groups in total. The van der Waals surface area contributed by atoms with E-state index in [2.05, 4.69) is 29.8 Å². The van der Waals surface area contributed by atoms with Gasteiger partial charge in [0.25, 0.3) is 5.91 Å². The van der Waals surface area contributed by atoms with Gasteiger partial charge in [-0.1, -0.05) is 34.1 Å². The average Bonchev–Trinajstić information content (AvgIpc) is 2.68. The van der Waals surface area contributed by atoms with Crippen LogP contribution in [0, 0.1) is 0 Å². The van der Waals surface area contributed by atoms with Gasteiger partial charge in [-0.05, 0) is 49.2 Å². The summed E-state index contributed by atoms with van der Waals surface area (Å²) in [4.78, 5) is 14.7. The molecule has 3 nitrogen and oxygen atoms in total. The molecule has 2 aromatic rings. The summed E-state index contributed by atoms with van der Waals surface area (Å²) >= 11 is 3.45. The van der Waals surface area contributed by atoms with E-state index >= 15 is 0 Å². The molecule has 2 aromatic carbocycles. The number of fused-ring (bicyclic) bond motifs is 1. The van der Waals surface area contributed by atoms with E-state index in [-0.39, 0.29) is 11.4 Å². The predicted molar refractivity (Wildman–Crippen MR) is 90.0 cm³/mol. The Bertz CT molecular complexity index is 740. The summed E-state index contributed by atoms with van der Waals surface area (Å²) in [6.07, 6.45) is 0. The van der Waals surface area contributed by atoms with Crippen molar-refractivity contribution in [2.75, 3.05) is 7.11 Å². The van der Waals surface area contributed by atoms with Crippen molar-refractivity contribution in [1.29, 1.82) is 0 Å². The first-order valence-electron chi connectivity index (χ1n) is 7.18. The average molecular weight is 360 g/mol. The standard InChI is InChI=1S/C18H18BrNO2/c1-18(2)16-8-7-13(19)10-15(16)17(21)20(18)11-12-5-4-6-14(9-12)22-3/h4-10H,11H2,1-3H3. The number of carbonyl (C=O) groups excluding carboxylic acids is 1. The van der Waals surface area contributed by atoms with Crippen LogP contribution >= 0.6 is 15.9 Å². The third kappa shape index (κ3) is 2.41. The number of benzene rings is 2. The molecule has 0 spiro atoms. The van der Waals surface area contributed by atoms with E-state index in [1.807, 2.05) is 47.4 Å². The molecule has 1 amide bonds. The van der Waals surface area contributed by atoms with E-state index < -0.39 is 0 Å². The summed E-state index contributed by atoms with van der Waals surface area (Å²) in [5, 5.41) is 0. The summed E-state index contributed by atoms with van der Waals surface area (Å²) < 4.78 is 6.20. The predicted octanol–water partition coefficient (Wildman–Crippen LogP) is 4.35. The monoisotopic (exact) mass is 359 g/mol. The zero-order chi connectivity index (χ0) is 15.9. The lowest BCUT2D eigenvalue weighted by atomic mass is 9.93. The van der Waals surface area contributed by atoms with Crippen LogP contribution in [0.3, 0.4) is 0 Å². The maximum atomic E-state index is 12.8. The van der Waals surface area contributed by atoms with Crippen LogP contribution in [0.25, 0.3) is 0 Å². The molecule has 1 aliphatic rings.